The van der Waals surface area contributed by atoms with E-state index in [1.165, 1.54) is 0 Å². The van der Waals surface area contributed by atoms with E-state index in [-0.39, 0.29) is 5.91 Å². The topological polar surface area (TPSA) is 88.5 Å². The third kappa shape index (κ3) is 2.55. The van der Waals surface area contributed by atoms with Crippen molar-refractivity contribution in [3.05, 3.63) is 66.9 Å². The average molecular weight is 304 g/mol. The first kappa shape index (κ1) is 13.2. The smallest absolute Gasteiger partial charge is 0.276 e. The molecule has 0 saturated heterocycles. The van der Waals surface area contributed by atoms with Crippen molar-refractivity contribution in [2.24, 2.45) is 0 Å². The molecular formula is C16H12N6O. The van der Waals surface area contributed by atoms with Gasteiger partial charge in [0, 0.05) is 29.7 Å². The van der Waals surface area contributed by atoms with Crippen LogP contribution in [0.25, 0.3) is 16.6 Å². The van der Waals surface area contributed by atoms with Crippen LogP contribution in [0, 0.1) is 0 Å². The van der Waals surface area contributed by atoms with Crippen LogP contribution in [0.2, 0.25) is 0 Å². The van der Waals surface area contributed by atoms with Crippen molar-refractivity contribution in [1.29, 1.82) is 0 Å². The minimum absolute atomic E-state index is 0.263. The van der Waals surface area contributed by atoms with Crippen molar-refractivity contribution in [2.45, 2.75) is 0 Å². The van der Waals surface area contributed by atoms with E-state index in [9.17, 15) is 4.79 Å². The molecule has 3 aromatic heterocycles. The normalized spacial score (nSPS) is 10.8. The van der Waals surface area contributed by atoms with Crippen LogP contribution in [-0.4, -0.2) is 30.9 Å². The molecule has 0 aliphatic rings. The molecule has 0 aliphatic carbocycles. The standard InChI is InChI=1S/C16H12N6O/c23-16(19-12-1-2-14-11(9-12)10-18-20-14)15-5-8-22(21-15)13-3-6-17-7-4-13/h1-10H,(H,18,20)(H,19,23). The molecule has 0 saturated carbocycles. The molecule has 7 heteroatoms. The van der Waals surface area contributed by atoms with Crippen LogP contribution in [0.4, 0.5) is 5.69 Å². The Bertz CT molecular complexity index is 972. The van der Waals surface area contributed by atoms with Gasteiger partial charge in [0.1, 0.15) is 0 Å². The summed E-state index contributed by atoms with van der Waals surface area (Å²) in [5, 5.41) is 14.9. The van der Waals surface area contributed by atoms with Gasteiger partial charge < -0.3 is 5.32 Å². The first-order chi connectivity index (χ1) is 11.3. The minimum atomic E-state index is -0.263. The number of anilines is 1. The molecule has 1 amide bonds. The SMILES string of the molecule is O=C(Nc1ccc2[nH]ncc2c1)c1ccn(-c2ccncc2)n1. The number of fused-ring (bicyclic) bond motifs is 1. The zero-order valence-electron chi connectivity index (χ0n) is 12.0. The van der Waals surface area contributed by atoms with Crippen LogP contribution in [0.5, 0.6) is 0 Å². The van der Waals surface area contributed by atoms with E-state index in [1.807, 2.05) is 30.3 Å². The average Bonchev–Trinajstić information content (AvgIpc) is 3.24. The van der Waals surface area contributed by atoms with E-state index < -0.39 is 0 Å². The second kappa shape index (κ2) is 5.38. The second-order valence-corrected chi connectivity index (χ2v) is 4.98. The lowest BCUT2D eigenvalue weighted by Gasteiger charge is -2.03. The number of hydrogen-bond donors (Lipinski definition) is 2. The predicted octanol–water partition coefficient (Wildman–Crippen LogP) is 2.40. The number of aromatic nitrogens is 5. The summed E-state index contributed by atoms with van der Waals surface area (Å²) < 4.78 is 1.63. The molecule has 1 aromatic carbocycles. The molecule has 7 nitrogen and oxygen atoms in total. The van der Waals surface area contributed by atoms with Crippen LogP contribution in [0.15, 0.2) is 61.2 Å². The van der Waals surface area contributed by atoms with Crippen LogP contribution in [0.3, 0.4) is 0 Å². The number of nitrogens with zero attached hydrogens (tertiary/aromatic N) is 4. The number of hydrogen-bond acceptors (Lipinski definition) is 4. The number of amides is 1. The summed E-state index contributed by atoms with van der Waals surface area (Å²) in [5.41, 5.74) is 2.81. The van der Waals surface area contributed by atoms with Gasteiger partial charge in [-0.3, -0.25) is 14.9 Å². The molecule has 2 N–H and O–H groups in total. The Balaban J connectivity index is 1.56. The molecule has 4 aromatic rings. The minimum Gasteiger partial charge on any atom is -0.321 e. The molecule has 0 aliphatic heterocycles. The molecule has 3 heterocycles. The van der Waals surface area contributed by atoms with Crippen molar-refractivity contribution < 1.29 is 4.79 Å². The highest BCUT2D eigenvalue weighted by Gasteiger charge is 2.11. The Morgan fingerprint density at radius 1 is 1.13 bits per heavy atom. The monoisotopic (exact) mass is 304 g/mol. The van der Waals surface area contributed by atoms with E-state index in [0.29, 0.717) is 11.4 Å². The highest BCUT2D eigenvalue weighted by molar-refractivity contribution is 6.03. The zero-order valence-corrected chi connectivity index (χ0v) is 12.0. The van der Waals surface area contributed by atoms with Gasteiger partial charge >= 0.3 is 0 Å². The lowest BCUT2D eigenvalue weighted by atomic mass is 10.2. The molecule has 23 heavy (non-hydrogen) atoms. The van der Waals surface area contributed by atoms with Gasteiger partial charge in [0.2, 0.25) is 0 Å². The quantitative estimate of drug-likeness (QED) is 0.608. The first-order valence-corrected chi connectivity index (χ1v) is 7.00. The maximum absolute atomic E-state index is 12.3. The number of pyridine rings is 1. The Morgan fingerprint density at radius 3 is 2.87 bits per heavy atom. The number of carbonyl (C=O) groups is 1. The summed E-state index contributed by atoms with van der Waals surface area (Å²) in [6.07, 6.45) is 6.81. The van der Waals surface area contributed by atoms with Crippen molar-refractivity contribution >= 4 is 22.5 Å². The van der Waals surface area contributed by atoms with Crippen LogP contribution in [-0.2, 0) is 0 Å². The summed E-state index contributed by atoms with van der Waals surface area (Å²) in [4.78, 5) is 16.3. The highest BCUT2D eigenvalue weighted by Crippen LogP contribution is 2.17. The van der Waals surface area contributed by atoms with Crippen LogP contribution >= 0.6 is 0 Å². The summed E-state index contributed by atoms with van der Waals surface area (Å²) in [6, 6.07) is 10.9. The predicted molar refractivity (Wildman–Crippen MR) is 85.4 cm³/mol. The highest BCUT2D eigenvalue weighted by atomic mass is 16.1. The Kier molecular flexibility index (Phi) is 3.09. The molecule has 0 unspecified atom stereocenters. The molecule has 112 valence electrons. The summed E-state index contributed by atoms with van der Waals surface area (Å²) >= 11 is 0. The van der Waals surface area contributed by atoms with Gasteiger partial charge in [0.05, 0.1) is 17.4 Å². The van der Waals surface area contributed by atoms with E-state index in [1.54, 1.807) is 35.5 Å². The molecule has 4 rings (SSSR count). The van der Waals surface area contributed by atoms with Crippen molar-refractivity contribution in [1.82, 2.24) is 25.0 Å². The van der Waals surface area contributed by atoms with E-state index in [0.717, 1.165) is 16.6 Å². The van der Waals surface area contributed by atoms with Gasteiger partial charge in [-0.1, -0.05) is 0 Å². The maximum Gasteiger partial charge on any atom is 0.276 e. The third-order valence-electron chi connectivity index (χ3n) is 3.45. The molecule has 0 spiro atoms. The molecular weight excluding hydrogens is 292 g/mol. The lowest BCUT2D eigenvalue weighted by Crippen LogP contribution is -2.13. The Hall–Kier alpha value is -3.48. The number of H-pyrrole nitrogens is 1. The van der Waals surface area contributed by atoms with Crippen LogP contribution < -0.4 is 5.32 Å². The fraction of sp³-hybridized carbons (Fsp3) is 0. The third-order valence-corrected chi connectivity index (χ3v) is 3.45. The van der Waals surface area contributed by atoms with Crippen molar-refractivity contribution in [3.63, 3.8) is 0 Å². The largest absolute Gasteiger partial charge is 0.321 e. The van der Waals surface area contributed by atoms with Gasteiger partial charge in [-0.25, -0.2) is 4.68 Å². The molecule has 0 bridgehead atoms. The fourth-order valence-electron chi connectivity index (χ4n) is 2.30. The fourth-order valence-corrected chi connectivity index (χ4v) is 2.30. The second-order valence-electron chi connectivity index (χ2n) is 4.98. The van der Waals surface area contributed by atoms with Gasteiger partial charge in [-0.2, -0.15) is 10.2 Å². The van der Waals surface area contributed by atoms with E-state index in [2.05, 4.69) is 25.6 Å². The number of rotatable bonds is 3. The summed E-state index contributed by atoms with van der Waals surface area (Å²) in [7, 11) is 0. The van der Waals surface area contributed by atoms with Gasteiger partial charge in [-0.05, 0) is 36.4 Å². The number of aromatic amines is 1. The lowest BCUT2D eigenvalue weighted by molar-refractivity contribution is 0.102. The maximum atomic E-state index is 12.3. The Morgan fingerprint density at radius 2 is 2.00 bits per heavy atom. The summed E-state index contributed by atoms with van der Waals surface area (Å²) in [6.45, 7) is 0. The van der Waals surface area contributed by atoms with Gasteiger partial charge in [-0.15, -0.1) is 0 Å². The summed E-state index contributed by atoms with van der Waals surface area (Å²) in [5.74, 6) is -0.263. The Labute approximate surface area is 131 Å². The van der Waals surface area contributed by atoms with Crippen molar-refractivity contribution in [3.8, 4) is 5.69 Å². The van der Waals surface area contributed by atoms with Gasteiger partial charge in [0.25, 0.3) is 5.91 Å². The van der Waals surface area contributed by atoms with Gasteiger partial charge in [0.15, 0.2) is 5.69 Å². The van der Waals surface area contributed by atoms with Crippen molar-refractivity contribution in [2.75, 3.05) is 5.32 Å². The molecule has 0 radical (unpaired) electrons. The molecule has 0 fully saturated rings. The van der Waals surface area contributed by atoms with Crippen LogP contribution in [0.1, 0.15) is 10.5 Å². The first-order valence-electron chi connectivity index (χ1n) is 7.00. The van der Waals surface area contributed by atoms with E-state index in [4.69, 9.17) is 0 Å². The zero-order chi connectivity index (χ0) is 15.6. The number of benzene rings is 1. The van der Waals surface area contributed by atoms with E-state index >= 15 is 0 Å². The molecule has 0 atom stereocenters. The number of nitrogens with one attached hydrogen (secondary N) is 2. The number of carbonyl (C=O) groups excluding carboxylic acids is 1.